The number of rotatable bonds is 5. The van der Waals surface area contributed by atoms with Gasteiger partial charge in [-0.15, -0.1) is 0 Å². The van der Waals surface area contributed by atoms with E-state index in [1.165, 1.54) is 17.3 Å². The Morgan fingerprint density at radius 2 is 1.66 bits per heavy atom. The largest absolute Gasteiger partial charge is 0.419 e. The zero-order valence-electron chi connectivity index (χ0n) is 18.7. The zero-order valence-corrected chi connectivity index (χ0v) is 18.7. The number of nitrogens with zero attached hydrogens (tertiary/aromatic N) is 8. The molecule has 184 valence electrons. The molecule has 3 aromatic heterocycles. The SMILES string of the molecule is Cc1nccn1-c1ncc(C(=O)N(C2CC2)[C@@H]2CCN(c3ncc(C(F)(F)F)cn3)CC2F)cn1. The van der Waals surface area contributed by atoms with E-state index in [-0.39, 0.29) is 30.0 Å². The van der Waals surface area contributed by atoms with E-state index in [0.29, 0.717) is 37.1 Å². The van der Waals surface area contributed by atoms with Crippen LogP contribution in [-0.2, 0) is 6.18 Å². The van der Waals surface area contributed by atoms with Gasteiger partial charge in [0.05, 0.1) is 23.7 Å². The molecule has 1 saturated heterocycles. The van der Waals surface area contributed by atoms with Gasteiger partial charge in [0.2, 0.25) is 11.9 Å². The van der Waals surface area contributed by atoms with Crippen LogP contribution in [0, 0.1) is 6.92 Å². The number of anilines is 1. The lowest BCUT2D eigenvalue weighted by Crippen LogP contribution is -2.55. The Kier molecular flexibility index (Phi) is 5.85. The van der Waals surface area contributed by atoms with Crippen molar-refractivity contribution in [3.05, 3.63) is 54.1 Å². The number of hydrogen-bond donors (Lipinski definition) is 0. The van der Waals surface area contributed by atoms with Crippen LogP contribution in [0.3, 0.4) is 0 Å². The molecule has 13 heteroatoms. The third-order valence-corrected chi connectivity index (χ3v) is 6.21. The van der Waals surface area contributed by atoms with Crippen molar-refractivity contribution in [2.24, 2.45) is 0 Å². The fourth-order valence-electron chi connectivity index (χ4n) is 4.25. The van der Waals surface area contributed by atoms with Gasteiger partial charge in [-0.05, 0) is 26.2 Å². The van der Waals surface area contributed by atoms with Gasteiger partial charge in [0.25, 0.3) is 5.91 Å². The van der Waals surface area contributed by atoms with Crippen molar-refractivity contribution >= 4 is 11.9 Å². The Hall–Kier alpha value is -3.64. The summed E-state index contributed by atoms with van der Waals surface area (Å²) >= 11 is 0. The van der Waals surface area contributed by atoms with Crippen LogP contribution < -0.4 is 4.90 Å². The summed E-state index contributed by atoms with van der Waals surface area (Å²) in [5, 5.41) is 0. The first-order valence-electron chi connectivity index (χ1n) is 11.2. The van der Waals surface area contributed by atoms with E-state index < -0.39 is 24.0 Å². The molecule has 1 unspecified atom stereocenters. The lowest BCUT2D eigenvalue weighted by atomic mass is 10.00. The van der Waals surface area contributed by atoms with Gasteiger partial charge in [-0.2, -0.15) is 13.2 Å². The normalized spacial score (nSPS) is 20.7. The second kappa shape index (κ2) is 8.86. The van der Waals surface area contributed by atoms with Gasteiger partial charge in [0.1, 0.15) is 12.0 Å². The molecule has 1 aliphatic heterocycles. The van der Waals surface area contributed by atoms with Gasteiger partial charge in [-0.25, -0.2) is 29.3 Å². The summed E-state index contributed by atoms with van der Waals surface area (Å²) < 4.78 is 55.3. The summed E-state index contributed by atoms with van der Waals surface area (Å²) in [6.07, 6.45) is 3.47. The van der Waals surface area contributed by atoms with E-state index in [0.717, 1.165) is 12.8 Å². The molecule has 0 spiro atoms. The summed E-state index contributed by atoms with van der Waals surface area (Å²) in [6.45, 7) is 1.99. The predicted molar refractivity (Wildman–Crippen MR) is 116 cm³/mol. The first kappa shape index (κ1) is 23.1. The third kappa shape index (κ3) is 4.66. The summed E-state index contributed by atoms with van der Waals surface area (Å²) in [4.78, 5) is 36.6. The molecule has 1 amide bonds. The highest BCUT2D eigenvalue weighted by Gasteiger charge is 2.44. The highest BCUT2D eigenvalue weighted by atomic mass is 19.4. The average Bonchev–Trinajstić information content (AvgIpc) is 3.59. The van der Waals surface area contributed by atoms with Crippen LogP contribution in [0.25, 0.3) is 5.95 Å². The molecule has 2 aliphatic rings. The van der Waals surface area contributed by atoms with E-state index in [2.05, 4.69) is 24.9 Å². The number of alkyl halides is 4. The standard InChI is InChI=1S/C22H22F4N8O/c1-13-27-5-7-33(13)21-28-8-14(9-29-21)19(35)34(16-2-3-16)18-4-6-32(12-17(18)23)20-30-10-15(11-31-20)22(24,25)26/h5,7-11,16-18H,2-4,6,12H2,1H3/t17?,18-/m1/s1. The Morgan fingerprint density at radius 1 is 1.00 bits per heavy atom. The van der Waals surface area contributed by atoms with Crippen molar-refractivity contribution in [1.29, 1.82) is 0 Å². The van der Waals surface area contributed by atoms with Crippen molar-refractivity contribution in [3.8, 4) is 5.95 Å². The lowest BCUT2D eigenvalue weighted by molar-refractivity contribution is -0.138. The van der Waals surface area contributed by atoms with Gasteiger partial charge in [-0.3, -0.25) is 9.36 Å². The Bertz CT molecular complexity index is 1190. The summed E-state index contributed by atoms with van der Waals surface area (Å²) in [7, 11) is 0. The van der Waals surface area contributed by atoms with Crippen LogP contribution in [0.5, 0.6) is 0 Å². The quantitative estimate of drug-likeness (QED) is 0.508. The molecule has 5 rings (SSSR count). The molecule has 3 aromatic rings. The number of imidazole rings is 1. The molecular weight excluding hydrogens is 468 g/mol. The van der Waals surface area contributed by atoms with Crippen LogP contribution in [0.2, 0.25) is 0 Å². The first-order chi connectivity index (χ1) is 16.7. The van der Waals surface area contributed by atoms with Gasteiger partial charge in [0, 0.05) is 49.8 Å². The number of amides is 1. The summed E-state index contributed by atoms with van der Waals surface area (Å²) in [6, 6.07) is -0.730. The molecule has 0 radical (unpaired) electrons. The van der Waals surface area contributed by atoms with Crippen molar-refractivity contribution < 1.29 is 22.4 Å². The van der Waals surface area contributed by atoms with Gasteiger partial charge in [0.15, 0.2) is 0 Å². The van der Waals surface area contributed by atoms with Crippen molar-refractivity contribution in [3.63, 3.8) is 0 Å². The minimum Gasteiger partial charge on any atom is -0.338 e. The molecule has 0 N–H and O–H groups in total. The molecule has 35 heavy (non-hydrogen) atoms. The first-order valence-corrected chi connectivity index (χ1v) is 11.2. The third-order valence-electron chi connectivity index (χ3n) is 6.21. The maximum absolute atomic E-state index is 15.3. The molecule has 2 atom stereocenters. The number of piperidine rings is 1. The maximum Gasteiger partial charge on any atom is 0.419 e. The van der Waals surface area contributed by atoms with Crippen molar-refractivity contribution in [2.45, 2.75) is 50.6 Å². The highest BCUT2D eigenvalue weighted by Crippen LogP contribution is 2.35. The number of hydrogen-bond acceptors (Lipinski definition) is 7. The molecule has 1 saturated carbocycles. The van der Waals surface area contributed by atoms with Crippen LogP contribution in [0.15, 0.2) is 37.2 Å². The second-order valence-corrected chi connectivity index (χ2v) is 8.65. The van der Waals surface area contributed by atoms with Gasteiger partial charge >= 0.3 is 6.18 Å². The summed E-state index contributed by atoms with van der Waals surface area (Å²) in [5.41, 5.74) is -0.700. The van der Waals surface area contributed by atoms with E-state index in [9.17, 15) is 18.0 Å². The molecule has 2 fully saturated rings. The molecule has 0 aromatic carbocycles. The minimum atomic E-state index is -4.54. The van der Waals surface area contributed by atoms with Crippen LogP contribution in [0.4, 0.5) is 23.5 Å². The number of aromatic nitrogens is 6. The molecular formula is C22H22F4N8O. The topological polar surface area (TPSA) is 92.9 Å². The number of aryl methyl sites for hydroxylation is 1. The number of carbonyl (C=O) groups excluding carboxylic acids is 1. The van der Waals surface area contributed by atoms with Gasteiger partial charge in [-0.1, -0.05) is 0 Å². The highest BCUT2D eigenvalue weighted by molar-refractivity contribution is 5.94. The second-order valence-electron chi connectivity index (χ2n) is 8.65. The van der Waals surface area contributed by atoms with Crippen LogP contribution in [0.1, 0.15) is 41.0 Å². The molecule has 9 nitrogen and oxygen atoms in total. The monoisotopic (exact) mass is 490 g/mol. The molecule has 0 bridgehead atoms. The zero-order chi connectivity index (χ0) is 24.7. The van der Waals surface area contributed by atoms with Crippen molar-refractivity contribution in [2.75, 3.05) is 18.0 Å². The smallest absolute Gasteiger partial charge is 0.338 e. The van der Waals surface area contributed by atoms with E-state index in [1.807, 2.05) is 0 Å². The fourth-order valence-corrected chi connectivity index (χ4v) is 4.25. The Balaban J connectivity index is 1.29. The van der Waals surface area contributed by atoms with Crippen molar-refractivity contribution in [1.82, 2.24) is 34.4 Å². The number of carbonyl (C=O) groups is 1. The maximum atomic E-state index is 15.3. The minimum absolute atomic E-state index is 0.0298. The van der Waals surface area contributed by atoms with Gasteiger partial charge < -0.3 is 9.80 Å². The Morgan fingerprint density at radius 3 is 2.20 bits per heavy atom. The predicted octanol–water partition coefficient (Wildman–Crippen LogP) is 3.00. The molecule has 4 heterocycles. The van der Waals surface area contributed by atoms with E-state index in [4.69, 9.17) is 0 Å². The van der Waals surface area contributed by atoms with Crippen LogP contribution >= 0.6 is 0 Å². The fraction of sp³-hybridized carbons (Fsp3) is 0.455. The summed E-state index contributed by atoms with van der Waals surface area (Å²) in [5.74, 6) is 0.769. The Labute approximate surface area is 197 Å². The average molecular weight is 490 g/mol. The van der Waals surface area contributed by atoms with E-state index in [1.54, 1.807) is 28.8 Å². The lowest BCUT2D eigenvalue weighted by Gasteiger charge is -2.41. The molecule has 1 aliphatic carbocycles. The van der Waals surface area contributed by atoms with Crippen LogP contribution in [-0.4, -0.2) is 71.6 Å². The number of halogens is 4. The van der Waals surface area contributed by atoms with E-state index >= 15 is 4.39 Å².